The predicted molar refractivity (Wildman–Crippen MR) is 110 cm³/mol. The summed E-state index contributed by atoms with van der Waals surface area (Å²) in [6.07, 6.45) is 4.56. The molecule has 0 radical (unpaired) electrons. The molecule has 0 saturated heterocycles. The third kappa shape index (κ3) is 7.89. The summed E-state index contributed by atoms with van der Waals surface area (Å²) in [7, 11) is 1.54. The van der Waals surface area contributed by atoms with E-state index in [2.05, 4.69) is 12.2 Å². The Balaban J connectivity index is 1.82. The van der Waals surface area contributed by atoms with Crippen molar-refractivity contribution in [1.82, 2.24) is 4.90 Å². The highest BCUT2D eigenvalue weighted by atomic mass is 16.6. The third-order valence-corrected chi connectivity index (χ3v) is 4.67. The van der Waals surface area contributed by atoms with Gasteiger partial charge in [-0.15, -0.1) is 0 Å². The van der Waals surface area contributed by atoms with E-state index in [4.69, 9.17) is 9.47 Å². The zero-order valence-corrected chi connectivity index (χ0v) is 17.8. The highest BCUT2D eigenvalue weighted by Gasteiger charge is 2.21. The molecule has 156 valence electrons. The van der Waals surface area contributed by atoms with E-state index in [-0.39, 0.29) is 12.5 Å². The Morgan fingerprint density at radius 1 is 1.25 bits per heavy atom. The lowest BCUT2D eigenvalue weighted by atomic mass is 9.89. The molecule has 0 aromatic heterocycles. The van der Waals surface area contributed by atoms with Gasteiger partial charge in [-0.05, 0) is 57.2 Å². The number of likely N-dealkylation sites (N-methyl/N-ethyl adjacent to an activating group) is 1. The smallest absolute Gasteiger partial charge is 0.410 e. The number of benzene rings is 1. The first-order valence-electron chi connectivity index (χ1n) is 10.1. The van der Waals surface area contributed by atoms with Crippen LogP contribution in [0.15, 0.2) is 24.3 Å². The first kappa shape index (κ1) is 22.2. The first-order valence-corrected chi connectivity index (χ1v) is 10.1. The van der Waals surface area contributed by atoms with Crippen molar-refractivity contribution in [3.05, 3.63) is 29.8 Å². The molecule has 1 aliphatic rings. The monoisotopic (exact) mass is 390 g/mol. The molecule has 1 aromatic carbocycles. The highest BCUT2D eigenvalue weighted by molar-refractivity contribution is 5.93. The quantitative estimate of drug-likeness (QED) is 0.771. The first-order chi connectivity index (χ1) is 13.1. The van der Waals surface area contributed by atoms with Crippen LogP contribution in [0.5, 0.6) is 0 Å². The predicted octanol–water partition coefficient (Wildman–Crippen LogP) is 4.59. The Labute approximate surface area is 168 Å². The molecule has 2 rings (SSSR count). The number of ether oxygens (including phenoxy) is 2. The molecule has 2 atom stereocenters. The van der Waals surface area contributed by atoms with Crippen molar-refractivity contribution in [3.63, 3.8) is 0 Å². The Morgan fingerprint density at radius 3 is 2.68 bits per heavy atom. The minimum Gasteiger partial charge on any atom is -0.444 e. The number of amides is 2. The highest BCUT2D eigenvalue weighted by Crippen LogP contribution is 2.26. The summed E-state index contributed by atoms with van der Waals surface area (Å²) in [5.41, 5.74) is 1.13. The van der Waals surface area contributed by atoms with Crippen LogP contribution in [0.25, 0.3) is 0 Å². The molecule has 2 unspecified atom stereocenters. The van der Waals surface area contributed by atoms with Crippen LogP contribution in [0, 0.1) is 5.92 Å². The lowest BCUT2D eigenvalue weighted by Gasteiger charge is -2.26. The van der Waals surface area contributed by atoms with E-state index < -0.39 is 11.7 Å². The number of carbonyl (C=O) groups excluding carboxylic acids is 2. The van der Waals surface area contributed by atoms with E-state index in [1.54, 1.807) is 27.8 Å². The van der Waals surface area contributed by atoms with Gasteiger partial charge in [0.15, 0.2) is 0 Å². The fraction of sp³-hybridized carbons (Fsp3) is 0.636. The van der Waals surface area contributed by atoms with Crippen molar-refractivity contribution in [2.24, 2.45) is 5.92 Å². The molecule has 6 heteroatoms. The van der Waals surface area contributed by atoms with Crippen LogP contribution in [-0.2, 0) is 20.9 Å². The SMILES string of the molecule is CC1CCCC(OCc2cccc(NC(=O)CN(C)C(=O)OC(C)(C)C)c2)C1. The van der Waals surface area contributed by atoms with Crippen molar-refractivity contribution in [1.29, 1.82) is 0 Å². The summed E-state index contributed by atoms with van der Waals surface area (Å²) >= 11 is 0. The van der Waals surface area contributed by atoms with Crippen LogP contribution in [0.1, 0.15) is 58.9 Å². The molecule has 2 amide bonds. The van der Waals surface area contributed by atoms with E-state index in [0.717, 1.165) is 24.3 Å². The van der Waals surface area contributed by atoms with Crippen LogP contribution in [0.4, 0.5) is 10.5 Å². The van der Waals surface area contributed by atoms with Gasteiger partial charge in [0.05, 0.1) is 12.7 Å². The van der Waals surface area contributed by atoms with Gasteiger partial charge in [0, 0.05) is 12.7 Å². The molecule has 1 fully saturated rings. The number of hydrogen-bond donors (Lipinski definition) is 1. The number of rotatable bonds is 6. The van der Waals surface area contributed by atoms with Gasteiger partial charge in [0.25, 0.3) is 0 Å². The molecule has 0 heterocycles. The third-order valence-electron chi connectivity index (χ3n) is 4.67. The second-order valence-electron chi connectivity index (χ2n) is 8.79. The normalized spacial score (nSPS) is 19.8. The lowest BCUT2D eigenvalue weighted by molar-refractivity contribution is -0.117. The minimum atomic E-state index is -0.591. The topological polar surface area (TPSA) is 67.9 Å². The Bertz CT molecular complexity index is 669. The van der Waals surface area contributed by atoms with Gasteiger partial charge >= 0.3 is 6.09 Å². The Morgan fingerprint density at radius 2 is 2.00 bits per heavy atom. The fourth-order valence-electron chi connectivity index (χ4n) is 3.30. The van der Waals surface area contributed by atoms with Gasteiger partial charge in [-0.25, -0.2) is 4.79 Å². The van der Waals surface area contributed by atoms with E-state index in [0.29, 0.717) is 18.4 Å². The summed E-state index contributed by atoms with van der Waals surface area (Å²) in [6.45, 7) is 8.12. The molecule has 6 nitrogen and oxygen atoms in total. The summed E-state index contributed by atoms with van der Waals surface area (Å²) in [5.74, 6) is 0.457. The molecular weight excluding hydrogens is 356 g/mol. The Hall–Kier alpha value is -2.08. The summed E-state index contributed by atoms with van der Waals surface area (Å²) in [4.78, 5) is 25.5. The van der Waals surface area contributed by atoms with Crippen LogP contribution in [-0.4, -0.2) is 42.2 Å². The number of carbonyl (C=O) groups is 2. The number of hydrogen-bond acceptors (Lipinski definition) is 4. The average Bonchev–Trinajstić information content (AvgIpc) is 2.59. The standard InChI is InChI=1S/C22H34N2O4/c1-16-8-6-11-19(12-16)27-15-17-9-7-10-18(13-17)23-20(25)14-24(5)21(26)28-22(2,3)4/h7,9-10,13,16,19H,6,8,11-12,14-15H2,1-5H3,(H,23,25). The maximum atomic E-state index is 12.3. The van der Waals surface area contributed by atoms with Crippen molar-refractivity contribution >= 4 is 17.7 Å². The van der Waals surface area contributed by atoms with Gasteiger partial charge < -0.3 is 19.7 Å². The summed E-state index contributed by atoms with van der Waals surface area (Å²) < 4.78 is 11.3. The molecule has 0 aliphatic heterocycles. The van der Waals surface area contributed by atoms with Gasteiger partial charge in [0.2, 0.25) is 5.91 Å². The van der Waals surface area contributed by atoms with Gasteiger partial charge in [0.1, 0.15) is 12.1 Å². The summed E-state index contributed by atoms with van der Waals surface area (Å²) in [6, 6.07) is 7.64. The van der Waals surface area contributed by atoms with E-state index in [9.17, 15) is 9.59 Å². The molecular formula is C22H34N2O4. The number of nitrogens with zero attached hydrogens (tertiary/aromatic N) is 1. The van der Waals surface area contributed by atoms with Crippen molar-refractivity contribution in [2.75, 3.05) is 18.9 Å². The maximum Gasteiger partial charge on any atom is 0.410 e. The van der Waals surface area contributed by atoms with Gasteiger partial charge in [-0.2, -0.15) is 0 Å². The minimum absolute atomic E-state index is 0.0738. The van der Waals surface area contributed by atoms with Crippen LogP contribution >= 0.6 is 0 Å². The second-order valence-corrected chi connectivity index (χ2v) is 8.79. The molecule has 0 spiro atoms. The number of anilines is 1. The van der Waals surface area contributed by atoms with Crippen LogP contribution < -0.4 is 5.32 Å². The van der Waals surface area contributed by atoms with Crippen molar-refractivity contribution < 1.29 is 19.1 Å². The Kier molecular flexibility index (Phi) is 7.87. The lowest BCUT2D eigenvalue weighted by Crippen LogP contribution is -2.38. The summed E-state index contributed by atoms with van der Waals surface area (Å²) in [5, 5.41) is 2.83. The average molecular weight is 391 g/mol. The zero-order valence-electron chi connectivity index (χ0n) is 17.8. The van der Waals surface area contributed by atoms with Gasteiger partial charge in [-0.3, -0.25) is 4.79 Å². The molecule has 1 aliphatic carbocycles. The maximum absolute atomic E-state index is 12.3. The van der Waals surface area contributed by atoms with E-state index in [1.165, 1.54) is 17.7 Å². The molecule has 1 aromatic rings. The van der Waals surface area contributed by atoms with Crippen molar-refractivity contribution in [2.45, 2.75) is 71.7 Å². The van der Waals surface area contributed by atoms with Crippen LogP contribution in [0.3, 0.4) is 0 Å². The molecule has 1 saturated carbocycles. The molecule has 28 heavy (non-hydrogen) atoms. The van der Waals surface area contributed by atoms with Gasteiger partial charge in [-0.1, -0.05) is 31.9 Å². The van der Waals surface area contributed by atoms with E-state index in [1.807, 2.05) is 24.3 Å². The van der Waals surface area contributed by atoms with E-state index >= 15 is 0 Å². The van der Waals surface area contributed by atoms with Crippen LogP contribution in [0.2, 0.25) is 0 Å². The zero-order chi connectivity index (χ0) is 20.7. The van der Waals surface area contributed by atoms with Crippen molar-refractivity contribution in [3.8, 4) is 0 Å². The number of nitrogens with one attached hydrogen (secondary N) is 1. The second kappa shape index (κ2) is 9.92. The largest absolute Gasteiger partial charge is 0.444 e. The fourth-order valence-corrected chi connectivity index (χ4v) is 3.30. The molecule has 0 bridgehead atoms. The molecule has 1 N–H and O–H groups in total.